The number of benzene rings is 1. The van der Waals surface area contributed by atoms with Gasteiger partial charge in [-0.05, 0) is 29.8 Å². The SMILES string of the molecule is O=C(CCN1C(=O)C(=Cc2ccc(Cl)cc2Cl)SC1=S)Nc1ncc(C(F)(F)F)cc1Cl. The summed E-state index contributed by atoms with van der Waals surface area (Å²) in [6.45, 7) is -0.0412. The van der Waals surface area contributed by atoms with E-state index < -0.39 is 23.6 Å². The molecular formula is C19H11Cl3F3N3O2S2. The maximum Gasteiger partial charge on any atom is 0.417 e. The molecule has 13 heteroatoms. The van der Waals surface area contributed by atoms with Gasteiger partial charge in [0.15, 0.2) is 5.82 Å². The number of anilines is 1. The minimum atomic E-state index is -4.61. The van der Waals surface area contributed by atoms with Crippen LogP contribution in [-0.2, 0) is 15.8 Å². The van der Waals surface area contributed by atoms with E-state index in [4.69, 9.17) is 47.0 Å². The van der Waals surface area contributed by atoms with Gasteiger partial charge in [-0.3, -0.25) is 14.5 Å². The molecule has 1 N–H and O–H groups in total. The van der Waals surface area contributed by atoms with Crippen molar-refractivity contribution in [1.82, 2.24) is 9.88 Å². The first-order chi connectivity index (χ1) is 15.0. The number of aromatic nitrogens is 1. The van der Waals surface area contributed by atoms with E-state index in [-0.39, 0.29) is 28.1 Å². The Balaban J connectivity index is 1.63. The second-order valence-electron chi connectivity index (χ2n) is 6.35. The zero-order chi connectivity index (χ0) is 23.6. The molecular weight excluding hydrogens is 530 g/mol. The van der Waals surface area contributed by atoms with E-state index in [9.17, 15) is 22.8 Å². The number of carbonyl (C=O) groups excluding carboxylic acids is 2. The predicted molar refractivity (Wildman–Crippen MR) is 124 cm³/mol. The lowest BCUT2D eigenvalue weighted by atomic mass is 10.2. The molecule has 2 heterocycles. The number of thioether (sulfide) groups is 1. The first kappa shape index (κ1) is 24.8. The summed E-state index contributed by atoms with van der Waals surface area (Å²) in [4.78, 5) is 30.0. The highest BCUT2D eigenvalue weighted by atomic mass is 35.5. The maximum atomic E-state index is 12.7. The number of nitrogens with one attached hydrogen (secondary N) is 1. The normalized spacial score (nSPS) is 15.6. The van der Waals surface area contributed by atoms with Crippen molar-refractivity contribution in [3.8, 4) is 0 Å². The molecule has 1 aromatic heterocycles. The van der Waals surface area contributed by atoms with Gasteiger partial charge in [0, 0.05) is 29.2 Å². The summed E-state index contributed by atoms with van der Waals surface area (Å²) in [7, 11) is 0. The number of amides is 2. The molecule has 32 heavy (non-hydrogen) atoms. The van der Waals surface area contributed by atoms with Gasteiger partial charge in [0.2, 0.25) is 5.91 Å². The molecule has 2 aromatic rings. The Morgan fingerprint density at radius 2 is 1.94 bits per heavy atom. The van der Waals surface area contributed by atoms with Crippen molar-refractivity contribution in [2.45, 2.75) is 12.6 Å². The fourth-order valence-electron chi connectivity index (χ4n) is 2.55. The Morgan fingerprint density at radius 1 is 1.22 bits per heavy atom. The van der Waals surface area contributed by atoms with Gasteiger partial charge in [0.25, 0.3) is 5.91 Å². The lowest BCUT2D eigenvalue weighted by Gasteiger charge is -2.14. The monoisotopic (exact) mass is 539 g/mol. The topological polar surface area (TPSA) is 62.3 Å². The molecule has 1 aromatic carbocycles. The Morgan fingerprint density at radius 3 is 2.56 bits per heavy atom. The van der Waals surface area contributed by atoms with Crippen molar-refractivity contribution >= 4 is 86.8 Å². The van der Waals surface area contributed by atoms with E-state index in [2.05, 4.69) is 10.3 Å². The Labute approximate surface area is 204 Å². The molecule has 1 saturated heterocycles. The van der Waals surface area contributed by atoms with Crippen LogP contribution in [-0.4, -0.2) is 32.6 Å². The maximum absolute atomic E-state index is 12.7. The van der Waals surface area contributed by atoms with E-state index in [0.717, 1.165) is 11.8 Å². The highest BCUT2D eigenvalue weighted by Crippen LogP contribution is 2.35. The number of alkyl halides is 3. The van der Waals surface area contributed by atoms with Crippen molar-refractivity contribution in [1.29, 1.82) is 0 Å². The summed E-state index contributed by atoms with van der Waals surface area (Å²) in [5.74, 6) is -1.21. The lowest BCUT2D eigenvalue weighted by molar-refractivity contribution is -0.137. The standard InChI is InChI=1S/C19H11Cl3F3N3O2S2/c20-11-2-1-9(12(21)7-11)5-14-17(30)28(18(31)32-14)4-3-15(29)27-16-13(22)6-10(8-26-16)19(23,24)25/h1-2,5-8H,3-4H2,(H,26,27,29). The van der Waals surface area contributed by atoms with Gasteiger partial charge in [-0.25, -0.2) is 4.98 Å². The average molecular weight is 541 g/mol. The number of carbonyl (C=O) groups is 2. The minimum Gasteiger partial charge on any atom is -0.309 e. The zero-order valence-electron chi connectivity index (χ0n) is 15.7. The van der Waals surface area contributed by atoms with Crippen LogP contribution in [0.3, 0.4) is 0 Å². The minimum absolute atomic E-state index is 0.0412. The quantitative estimate of drug-likeness (QED) is 0.357. The zero-order valence-corrected chi connectivity index (χ0v) is 19.6. The van der Waals surface area contributed by atoms with Gasteiger partial charge in [-0.1, -0.05) is 64.8 Å². The van der Waals surface area contributed by atoms with Crippen LogP contribution in [0.2, 0.25) is 15.1 Å². The highest BCUT2D eigenvalue weighted by Gasteiger charge is 2.33. The third-order valence-corrected chi connectivity index (χ3v) is 6.34. The predicted octanol–water partition coefficient (Wildman–Crippen LogP) is 6.29. The number of thiocarbonyl (C=S) groups is 1. The Hall–Kier alpha value is -1.85. The van der Waals surface area contributed by atoms with Crippen LogP contribution in [0.25, 0.3) is 6.08 Å². The number of rotatable bonds is 5. The van der Waals surface area contributed by atoms with Crippen LogP contribution < -0.4 is 5.32 Å². The summed E-state index contributed by atoms with van der Waals surface area (Å²) in [6.07, 6.45) is -2.65. The number of nitrogens with zero attached hydrogens (tertiary/aromatic N) is 2. The summed E-state index contributed by atoms with van der Waals surface area (Å²) in [5, 5.41) is 2.78. The summed E-state index contributed by atoms with van der Waals surface area (Å²) in [6, 6.07) is 5.50. The van der Waals surface area contributed by atoms with Gasteiger partial charge in [0.1, 0.15) is 4.32 Å². The summed E-state index contributed by atoms with van der Waals surface area (Å²) < 4.78 is 38.3. The highest BCUT2D eigenvalue weighted by molar-refractivity contribution is 8.26. The van der Waals surface area contributed by atoms with Crippen LogP contribution >= 0.6 is 58.8 Å². The first-order valence-corrected chi connectivity index (χ1v) is 11.0. The van der Waals surface area contributed by atoms with E-state index in [1.54, 1.807) is 24.3 Å². The molecule has 0 saturated carbocycles. The van der Waals surface area contributed by atoms with E-state index in [1.165, 1.54) is 4.90 Å². The average Bonchev–Trinajstić information content (AvgIpc) is 2.96. The molecule has 2 amide bonds. The number of pyridine rings is 1. The number of hydrogen-bond donors (Lipinski definition) is 1. The largest absolute Gasteiger partial charge is 0.417 e. The number of halogens is 6. The van der Waals surface area contributed by atoms with Crippen molar-refractivity contribution in [2.24, 2.45) is 0 Å². The first-order valence-electron chi connectivity index (χ1n) is 8.68. The van der Waals surface area contributed by atoms with Gasteiger partial charge in [-0.15, -0.1) is 0 Å². The third kappa shape index (κ3) is 5.93. The van der Waals surface area contributed by atoms with E-state index in [0.29, 0.717) is 32.8 Å². The van der Waals surface area contributed by atoms with Crippen molar-refractivity contribution < 1.29 is 22.8 Å². The molecule has 3 rings (SSSR count). The Bertz CT molecular complexity index is 1140. The fraction of sp³-hybridized carbons (Fsp3) is 0.158. The summed E-state index contributed by atoms with van der Waals surface area (Å²) in [5.41, 5.74) is -0.456. The van der Waals surface area contributed by atoms with Crippen LogP contribution in [0.4, 0.5) is 19.0 Å². The van der Waals surface area contributed by atoms with Crippen LogP contribution in [0.5, 0.6) is 0 Å². The molecule has 0 aliphatic carbocycles. The fourth-order valence-corrected chi connectivity index (χ4v) is 4.52. The molecule has 0 atom stereocenters. The molecule has 168 valence electrons. The second kappa shape index (κ2) is 9.96. The second-order valence-corrected chi connectivity index (χ2v) is 9.28. The molecule has 1 aliphatic rings. The van der Waals surface area contributed by atoms with Gasteiger partial charge in [0.05, 0.1) is 15.5 Å². The van der Waals surface area contributed by atoms with Crippen LogP contribution in [0, 0.1) is 0 Å². The van der Waals surface area contributed by atoms with Crippen molar-refractivity contribution in [2.75, 3.05) is 11.9 Å². The van der Waals surface area contributed by atoms with Gasteiger partial charge >= 0.3 is 6.18 Å². The Kier molecular flexibility index (Phi) is 7.72. The van der Waals surface area contributed by atoms with Crippen LogP contribution in [0.15, 0.2) is 35.4 Å². The molecule has 1 aliphatic heterocycles. The number of hydrogen-bond acceptors (Lipinski definition) is 5. The molecule has 0 radical (unpaired) electrons. The van der Waals surface area contributed by atoms with Crippen molar-refractivity contribution in [3.05, 3.63) is 61.6 Å². The van der Waals surface area contributed by atoms with Gasteiger partial charge < -0.3 is 5.32 Å². The molecule has 5 nitrogen and oxygen atoms in total. The smallest absolute Gasteiger partial charge is 0.309 e. The van der Waals surface area contributed by atoms with Crippen molar-refractivity contribution in [3.63, 3.8) is 0 Å². The van der Waals surface area contributed by atoms with E-state index >= 15 is 0 Å². The van der Waals surface area contributed by atoms with E-state index in [1.807, 2.05) is 0 Å². The molecule has 1 fully saturated rings. The lowest BCUT2D eigenvalue weighted by Crippen LogP contribution is -2.31. The molecule has 0 bridgehead atoms. The summed E-state index contributed by atoms with van der Waals surface area (Å²) >= 11 is 24.0. The van der Waals surface area contributed by atoms with Gasteiger partial charge in [-0.2, -0.15) is 13.2 Å². The third-order valence-electron chi connectivity index (χ3n) is 4.11. The van der Waals surface area contributed by atoms with Crippen LogP contribution in [0.1, 0.15) is 17.5 Å². The molecule has 0 spiro atoms. The molecule has 0 unspecified atom stereocenters.